The summed E-state index contributed by atoms with van der Waals surface area (Å²) in [4.78, 5) is 37.0. The molecule has 2 amide bonds. The predicted molar refractivity (Wildman–Crippen MR) is 123 cm³/mol. The van der Waals surface area contributed by atoms with Crippen molar-refractivity contribution in [1.82, 2.24) is 4.90 Å². The van der Waals surface area contributed by atoms with Gasteiger partial charge in [-0.25, -0.2) is 4.39 Å². The van der Waals surface area contributed by atoms with Gasteiger partial charge in [0.05, 0.1) is 16.4 Å². The Labute approximate surface area is 197 Å². The summed E-state index contributed by atoms with van der Waals surface area (Å²) in [6.45, 7) is 3.16. The van der Waals surface area contributed by atoms with Crippen molar-refractivity contribution in [2.75, 3.05) is 0 Å². The molecular formula is C23H16ClFN2O5S. The van der Waals surface area contributed by atoms with Crippen molar-refractivity contribution in [3.63, 3.8) is 0 Å². The SMILES string of the molecule is Cc1cc(-c2ccc(/C=C3\SC(=O)N(Cc4c(F)cccc4Cl)C3=O)o2)cc([N+](=O)[O-])c1C. The van der Waals surface area contributed by atoms with E-state index in [1.807, 2.05) is 0 Å². The zero-order chi connectivity index (χ0) is 23.9. The van der Waals surface area contributed by atoms with Gasteiger partial charge in [0.25, 0.3) is 16.8 Å². The van der Waals surface area contributed by atoms with Gasteiger partial charge in [0, 0.05) is 33.9 Å². The summed E-state index contributed by atoms with van der Waals surface area (Å²) in [6, 6.07) is 10.6. The number of nitro benzene ring substituents is 1. The first-order chi connectivity index (χ1) is 15.7. The van der Waals surface area contributed by atoms with Crippen LogP contribution in [0.4, 0.5) is 14.9 Å². The molecule has 7 nitrogen and oxygen atoms in total. The molecule has 0 spiro atoms. The summed E-state index contributed by atoms with van der Waals surface area (Å²) < 4.78 is 19.8. The molecule has 1 aliphatic rings. The summed E-state index contributed by atoms with van der Waals surface area (Å²) in [5, 5.41) is 10.9. The van der Waals surface area contributed by atoms with Gasteiger partial charge in [0.1, 0.15) is 17.3 Å². The lowest BCUT2D eigenvalue weighted by molar-refractivity contribution is -0.385. The van der Waals surface area contributed by atoms with Crippen LogP contribution in [0.1, 0.15) is 22.5 Å². The molecule has 0 atom stereocenters. The number of thioether (sulfide) groups is 1. The largest absolute Gasteiger partial charge is 0.457 e. The highest BCUT2D eigenvalue weighted by atomic mass is 35.5. The van der Waals surface area contributed by atoms with Gasteiger partial charge in [-0.15, -0.1) is 0 Å². The summed E-state index contributed by atoms with van der Waals surface area (Å²) in [5.41, 5.74) is 1.87. The summed E-state index contributed by atoms with van der Waals surface area (Å²) >= 11 is 6.72. The van der Waals surface area contributed by atoms with Crippen molar-refractivity contribution < 1.29 is 23.3 Å². The molecule has 0 unspecified atom stereocenters. The fraction of sp³-hybridized carbons (Fsp3) is 0.130. The monoisotopic (exact) mass is 486 g/mol. The number of halogens is 2. The molecule has 0 bridgehead atoms. The quantitative estimate of drug-likeness (QED) is 0.232. The Morgan fingerprint density at radius 1 is 1.21 bits per heavy atom. The van der Waals surface area contributed by atoms with Gasteiger partial charge in [-0.1, -0.05) is 17.7 Å². The van der Waals surface area contributed by atoms with Crippen LogP contribution in [0.3, 0.4) is 0 Å². The number of rotatable bonds is 5. The summed E-state index contributed by atoms with van der Waals surface area (Å²) in [6.07, 6.45) is 1.41. The highest BCUT2D eigenvalue weighted by Gasteiger charge is 2.36. The third-order valence-electron chi connectivity index (χ3n) is 5.27. The topological polar surface area (TPSA) is 93.7 Å². The number of carbonyl (C=O) groups excluding carboxylic acids is 2. The number of nitro groups is 1. The van der Waals surface area contributed by atoms with E-state index in [1.54, 1.807) is 32.0 Å². The van der Waals surface area contributed by atoms with E-state index in [2.05, 4.69) is 0 Å². The van der Waals surface area contributed by atoms with Gasteiger partial charge in [-0.2, -0.15) is 0 Å². The van der Waals surface area contributed by atoms with E-state index >= 15 is 0 Å². The normalized spacial score (nSPS) is 15.0. The average molecular weight is 487 g/mol. The molecule has 1 aromatic heterocycles. The van der Waals surface area contributed by atoms with Gasteiger partial charge in [0.2, 0.25) is 0 Å². The van der Waals surface area contributed by atoms with Crippen molar-refractivity contribution >= 4 is 46.3 Å². The van der Waals surface area contributed by atoms with E-state index in [0.29, 0.717) is 34.4 Å². The molecule has 0 saturated carbocycles. The maximum absolute atomic E-state index is 14.1. The average Bonchev–Trinajstić information content (AvgIpc) is 3.32. The van der Waals surface area contributed by atoms with Crippen LogP contribution >= 0.6 is 23.4 Å². The lowest BCUT2D eigenvalue weighted by Crippen LogP contribution is -2.28. The fourth-order valence-electron chi connectivity index (χ4n) is 3.37. The zero-order valence-corrected chi connectivity index (χ0v) is 19.0. The van der Waals surface area contributed by atoms with Crippen molar-refractivity contribution in [2.24, 2.45) is 0 Å². The van der Waals surface area contributed by atoms with Gasteiger partial charge in [0.15, 0.2) is 0 Å². The van der Waals surface area contributed by atoms with Crippen LogP contribution in [0.15, 0.2) is 51.8 Å². The number of furan rings is 1. The third kappa shape index (κ3) is 4.42. The standard InChI is InChI=1S/C23H16ClFN2O5S/c1-12-8-14(9-19(13(12)2)27(30)31)20-7-6-15(32-20)10-21-22(28)26(23(29)33-21)11-16-17(24)4-3-5-18(16)25/h3-10H,11H2,1-2H3/b21-10-. The minimum atomic E-state index is -0.608. The molecular weight excluding hydrogens is 471 g/mol. The van der Waals surface area contributed by atoms with Crippen molar-refractivity contribution in [2.45, 2.75) is 20.4 Å². The second-order valence-corrected chi connectivity index (χ2v) is 8.76. The third-order valence-corrected chi connectivity index (χ3v) is 6.53. The Hall–Kier alpha value is -3.43. The highest BCUT2D eigenvalue weighted by molar-refractivity contribution is 8.18. The smallest absolute Gasteiger partial charge is 0.293 e. The van der Waals surface area contributed by atoms with E-state index in [4.69, 9.17) is 16.0 Å². The second-order valence-electron chi connectivity index (χ2n) is 7.36. The van der Waals surface area contributed by atoms with E-state index in [-0.39, 0.29) is 27.7 Å². The molecule has 33 heavy (non-hydrogen) atoms. The number of amides is 2. The Kier molecular flexibility index (Phi) is 6.09. The number of carbonyl (C=O) groups is 2. The van der Waals surface area contributed by atoms with Crippen LogP contribution in [-0.4, -0.2) is 21.0 Å². The van der Waals surface area contributed by atoms with Crippen LogP contribution in [0.25, 0.3) is 17.4 Å². The molecule has 0 radical (unpaired) electrons. The summed E-state index contributed by atoms with van der Waals surface area (Å²) in [5.74, 6) is -0.530. The van der Waals surface area contributed by atoms with Gasteiger partial charge in [-0.05, 0) is 61.5 Å². The summed E-state index contributed by atoms with van der Waals surface area (Å²) in [7, 11) is 0. The number of aryl methyl sites for hydroxylation is 1. The number of hydrogen-bond donors (Lipinski definition) is 0. The molecule has 2 heterocycles. The molecule has 1 fully saturated rings. The molecule has 2 aromatic carbocycles. The molecule has 1 saturated heterocycles. The van der Waals surface area contributed by atoms with E-state index in [1.165, 1.54) is 30.3 Å². The molecule has 3 aromatic rings. The number of imide groups is 1. The Morgan fingerprint density at radius 3 is 2.67 bits per heavy atom. The lowest BCUT2D eigenvalue weighted by atomic mass is 10.0. The van der Waals surface area contributed by atoms with Crippen molar-refractivity contribution in [3.8, 4) is 11.3 Å². The molecule has 10 heteroatoms. The Morgan fingerprint density at radius 2 is 1.97 bits per heavy atom. The van der Waals surface area contributed by atoms with E-state index < -0.39 is 21.9 Å². The van der Waals surface area contributed by atoms with Crippen LogP contribution in [-0.2, 0) is 11.3 Å². The van der Waals surface area contributed by atoms with Gasteiger partial charge >= 0.3 is 0 Å². The van der Waals surface area contributed by atoms with Crippen LogP contribution in [0.2, 0.25) is 5.02 Å². The maximum atomic E-state index is 14.1. The zero-order valence-electron chi connectivity index (χ0n) is 17.4. The van der Waals surface area contributed by atoms with Gasteiger partial charge in [-0.3, -0.25) is 24.6 Å². The molecule has 0 aliphatic carbocycles. The van der Waals surface area contributed by atoms with Crippen LogP contribution in [0.5, 0.6) is 0 Å². The van der Waals surface area contributed by atoms with Crippen LogP contribution < -0.4 is 0 Å². The van der Waals surface area contributed by atoms with E-state index in [0.717, 1.165) is 10.5 Å². The minimum Gasteiger partial charge on any atom is -0.457 e. The van der Waals surface area contributed by atoms with Crippen molar-refractivity contribution in [3.05, 3.63) is 90.8 Å². The number of nitrogens with zero attached hydrogens (tertiary/aromatic N) is 2. The van der Waals surface area contributed by atoms with Crippen molar-refractivity contribution in [1.29, 1.82) is 0 Å². The lowest BCUT2D eigenvalue weighted by Gasteiger charge is -2.14. The molecule has 168 valence electrons. The molecule has 1 aliphatic heterocycles. The first kappa shape index (κ1) is 22.8. The number of hydrogen-bond acceptors (Lipinski definition) is 6. The first-order valence-electron chi connectivity index (χ1n) is 9.70. The number of benzene rings is 2. The minimum absolute atomic E-state index is 0.0177. The second kappa shape index (κ2) is 8.84. The van der Waals surface area contributed by atoms with Gasteiger partial charge < -0.3 is 4.42 Å². The Balaban J connectivity index is 1.60. The highest BCUT2D eigenvalue weighted by Crippen LogP contribution is 2.36. The predicted octanol–water partition coefficient (Wildman–Crippen LogP) is 6.50. The first-order valence-corrected chi connectivity index (χ1v) is 10.9. The molecule has 0 N–H and O–H groups in total. The van der Waals surface area contributed by atoms with E-state index in [9.17, 15) is 24.1 Å². The maximum Gasteiger partial charge on any atom is 0.293 e. The Bertz CT molecular complexity index is 1330. The fourth-order valence-corrected chi connectivity index (χ4v) is 4.41. The van der Waals surface area contributed by atoms with Crippen LogP contribution in [0, 0.1) is 29.8 Å². The molecule has 4 rings (SSSR count).